The predicted molar refractivity (Wildman–Crippen MR) is 58.3 cm³/mol. The Morgan fingerprint density at radius 3 is 3.00 bits per heavy atom. The minimum atomic E-state index is -0.212. The molecule has 0 aliphatic heterocycles. The highest BCUT2D eigenvalue weighted by Crippen LogP contribution is 2.22. The predicted octanol–water partition coefficient (Wildman–Crippen LogP) is 2.66. The van der Waals surface area contributed by atoms with Gasteiger partial charge in [0.05, 0.1) is 6.10 Å². The van der Waals surface area contributed by atoms with Gasteiger partial charge in [-0.05, 0) is 51.0 Å². The van der Waals surface area contributed by atoms with Crippen molar-refractivity contribution >= 4 is 0 Å². The molecule has 0 fully saturated rings. The summed E-state index contributed by atoms with van der Waals surface area (Å²) in [5, 5.41) is 9.85. The molecule has 0 radical (unpaired) electrons. The quantitative estimate of drug-likeness (QED) is 0.525. The molecule has 0 heterocycles. The highest BCUT2D eigenvalue weighted by Gasteiger charge is 2.12. The van der Waals surface area contributed by atoms with E-state index in [1.807, 2.05) is 6.92 Å². The van der Waals surface area contributed by atoms with Gasteiger partial charge in [0, 0.05) is 13.2 Å². The van der Waals surface area contributed by atoms with E-state index in [0.29, 0.717) is 0 Å². The fourth-order valence-corrected chi connectivity index (χ4v) is 1.87. The summed E-state index contributed by atoms with van der Waals surface area (Å²) in [5.41, 5.74) is 1.26. The van der Waals surface area contributed by atoms with Gasteiger partial charge in [0.15, 0.2) is 0 Å². The van der Waals surface area contributed by atoms with E-state index in [1.54, 1.807) is 0 Å². The van der Waals surface area contributed by atoms with Crippen LogP contribution < -0.4 is 0 Å². The summed E-state index contributed by atoms with van der Waals surface area (Å²) in [7, 11) is 0. The Labute approximate surface area is 87.0 Å². The molecule has 14 heavy (non-hydrogen) atoms. The van der Waals surface area contributed by atoms with Gasteiger partial charge in [0.25, 0.3) is 0 Å². The third kappa shape index (κ3) is 4.25. The molecule has 2 nitrogen and oxygen atoms in total. The summed E-state index contributed by atoms with van der Waals surface area (Å²) in [5.74, 6) is 0. The van der Waals surface area contributed by atoms with Crippen LogP contribution in [0.5, 0.6) is 0 Å². The first kappa shape index (κ1) is 11.7. The highest BCUT2D eigenvalue weighted by molar-refractivity contribution is 5.10. The summed E-state index contributed by atoms with van der Waals surface area (Å²) < 4.78 is 5.24. The van der Waals surface area contributed by atoms with Crippen molar-refractivity contribution in [1.82, 2.24) is 0 Å². The molecule has 0 bridgehead atoms. The van der Waals surface area contributed by atoms with Crippen LogP contribution in [-0.2, 0) is 4.74 Å². The first-order chi connectivity index (χ1) is 6.84. The molecule has 0 aromatic carbocycles. The number of hydrogen-bond acceptors (Lipinski definition) is 2. The van der Waals surface area contributed by atoms with Crippen LogP contribution in [0.1, 0.15) is 45.4 Å². The molecule has 0 amide bonds. The van der Waals surface area contributed by atoms with Gasteiger partial charge in [-0.25, -0.2) is 0 Å². The Balaban J connectivity index is 2.13. The molecule has 0 saturated heterocycles. The van der Waals surface area contributed by atoms with Crippen LogP contribution in [0.15, 0.2) is 11.6 Å². The molecule has 0 spiro atoms. The molecule has 1 atom stereocenters. The number of hydrogen-bond donors (Lipinski definition) is 1. The lowest BCUT2D eigenvalue weighted by Crippen LogP contribution is -2.13. The van der Waals surface area contributed by atoms with Crippen LogP contribution in [-0.4, -0.2) is 24.4 Å². The van der Waals surface area contributed by atoms with Gasteiger partial charge in [0.1, 0.15) is 0 Å². The second-order valence-corrected chi connectivity index (χ2v) is 3.88. The maximum Gasteiger partial charge on any atom is 0.0751 e. The van der Waals surface area contributed by atoms with E-state index in [0.717, 1.165) is 38.9 Å². The fourth-order valence-electron chi connectivity index (χ4n) is 1.87. The standard InChI is InChI=1S/C12H22O2/c1-2-14-10-6-9-12(13)11-7-4-3-5-8-11/h7,12-13H,2-6,8-10H2,1H3. The van der Waals surface area contributed by atoms with Gasteiger partial charge >= 0.3 is 0 Å². The van der Waals surface area contributed by atoms with Crippen LogP contribution in [0.3, 0.4) is 0 Å². The second-order valence-electron chi connectivity index (χ2n) is 3.88. The Hall–Kier alpha value is -0.340. The molecule has 0 saturated carbocycles. The van der Waals surface area contributed by atoms with Gasteiger partial charge in [0.2, 0.25) is 0 Å². The number of aliphatic hydroxyl groups excluding tert-OH is 1. The van der Waals surface area contributed by atoms with Crippen molar-refractivity contribution in [2.24, 2.45) is 0 Å². The second kappa shape index (κ2) is 7.02. The average Bonchev–Trinajstić information content (AvgIpc) is 2.25. The number of aliphatic hydroxyl groups is 1. The highest BCUT2D eigenvalue weighted by atomic mass is 16.5. The molecule has 1 aliphatic carbocycles. The molecule has 1 aliphatic rings. The van der Waals surface area contributed by atoms with Crippen molar-refractivity contribution in [3.8, 4) is 0 Å². The first-order valence-corrected chi connectivity index (χ1v) is 5.79. The average molecular weight is 198 g/mol. The molecular weight excluding hydrogens is 176 g/mol. The van der Waals surface area contributed by atoms with E-state index in [9.17, 15) is 5.11 Å². The topological polar surface area (TPSA) is 29.5 Å². The van der Waals surface area contributed by atoms with Crippen molar-refractivity contribution in [3.63, 3.8) is 0 Å². The molecular formula is C12H22O2. The smallest absolute Gasteiger partial charge is 0.0751 e. The third-order valence-electron chi connectivity index (χ3n) is 2.72. The monoisotopic (exact) mass is 198 g/mol. The Kier molecular flexibility index (Phi) is 5.88. The summed E-state index contributed by atoms with van der Waals surface area (Å²) >= 11 is 0. The molecule has 2 heteroatoms. The Morgan fingerprint density at radius 1 is 1.50 bits per heavy atom. The zero-order valence-electron chi connectivity index (χ0n) is 9.17. The van der Waals surface area contributed by atoms with Gasteiger partial charge in [-0.15, -0.1) is 0 Å². The molecule has 0 aromatic heterocycles. The van der Waals surface area contributed by atoms with Crippen LogP contribution in [0, 0.1) is 0 Å². The van der Waals surface area contributed by atoms with Crippen LogP contribution in [0.25, 0.3) is 0 Å². The van der Waals surface area contributed by atoms with Gasteiger partial charge < -0.3 is 9.84 Å². The van der Waals surface area contributed by atoms with E-state index < -0.39 is 0 Å². The van der Waals surface area contributed by atoms with Crippen molar-refractivity contribution in [1.29, 1.82) is 0 Å². The van der Waals surface area contributed by atoms with Gasteiger partial charge in [-0.3, -0.25) is 0 Å². The molecule has 0 aromatic rings. The minimum Gasteiger partial charge on any atom is -0.389 e. The Morgan fingerprint density at radius 2 is 2.36 bits per heavy atom. The SMILES string of the molecule is CCOCCCC(O)C1=CCCCC1. The van der Waals surface area contributed by atoms with E-state index in [4.69, 9.17) is 4.74 Å². The summed E-state index contributed by atoms with van der Waals surface area (Å²) in [6.45, 7) is 3.56. The van der Waals surface area contributed by atoms with E-state index >= 15 is 0 Å². The summed E-state index contributed by atoms with van der Waals surface area (Å²) in [6.07, 6.45) is 8.60. The number of rotatable bonds is 6. The van der Waals surface area contributed by atoms with Crippen molar-refractivity contribution in [3.05, 3.63) is 11.6 Å². The van der Waals surface area contributed by atoms with E-state index in [1.165, 1.54) is 18.4 Å². The maximum atomic E-state index is 9.85. The maximum absolute atomic E-state index is 9.85. The lowest BCUT2D eigenvalue weighted by Gasteiger charge is -2.18. The van der Waals surface area contributed by atoms with Crippen LogP contribution in [0.2, 0.25) is 0 Å². The molecule has 82 valence electrons. The van der Waals surface area contributed by atoms with Crippen LogP contribution >= 0.6 is 0 Å². The Bertz CT molecular complexity index is 175. The van der Waals surface area contributed by atoms with Crippen molar-refractivity contribution < 1.29 is 9.84 Å². The van der Waals surface area contributed by atoms with Gasteiger partial charge in [-0.2, -0.15) is 0 Å². The number of allylic oxidation sites excluding steroid dienone is 1. The largest absolute Gasteiger partial charge is 0.389 e. The zero-order chi connectivity index (χ0) is 10.2. The van der Waals surface area contributed by atoms with E-state index in [2.05, 4.69) is 6.08 Å². The van der Waals surface area contributed by atoms with Gasteiger partial charge in [-0.1, -0.05) is 6.08 Å². The normalized spacial score (nSPS) is 19.1. The number of ether oxygens (including phenoxy) is 1. The molecule has 1 N–H and O–H groups in total. The zero-order valence-corrected chi connectivity index (χ0v) is 9.17. The van der Waals surface area contributed by atoms with Crippen molar-refractivity contribution in [2.45, 2.75) is 51.6 Å². The summed E-state index contributed by atoms with van der Waals surface area (Å²) in [4.78, 5) is 0. The molecule has 1 rings (SSSR count). The lowest BCUT2D eigenvalue weighted by atomic mass is 9.93. The fraction of sp³-hybridized carbons (Fsp3) is 0.833. The van der Waals surface area contributed by atoms with Crippen molar-refractivity contribution in [2.75, 3.05) is 13.2 Å². The van der Waals surface area contributed by atoms with Crippen LogP contribution in [0.4, 0.5) is 0 Å². The third-order valence-corrected chi connectivity index (χ3v) is 2.72. The first-order valence-electron chi connectivity index (χ1n) is 5.79. The lowest BCUT2D eigenvalue weighted by molar-refractivity contribution is 0.124. The van der Waals surface area contributed by atoms with E-state index in [-0.39, 0.29) is 6.10 Å². The summed E-state index contributed by atoms with van der Waals surface area (Å²) in [6, 6.07) is 0. The molecule has 1 unspecified atom stereocenters. The minimum absolute atomic E-state index is 0.212.